The number of hydrogen-bond acceptors (Lipinski definition) is 6. The van der Waals surface area contributed by atoms with Crippen LogP contribution in [0, 0.1) is 5.92 Å². The molecule has 0 saturated carbocycles. The first-order valence-corrected chi connectivity index (χ1v) is 10.3. The van der Waals surface area contributed by atoms with Gasteiger partial charge in [0.1, 0.15) is 11.4 Å². The second-order valence-electron chi connectivity index (χ2n) is 7.97. The summed E-state index contributed by atoms with van der Waals surface area (Å²) in [5.41, 5.74) is -1.69. The van der Waals surface area contributed by atoms with E-state index in [1.54, 1.807) is 39.8 Å². The van der Waals surface area contributed by atoms with E-state index in [1.165, 1.54) is 17.0 Å². The van der Waals surface area contributed by atoms with Crippen LogP contribution in [0.5, 0.6) is 5.75 Å². The largest absolute Gasteiger partial charge is 0.493 e. The van der Waals surface area contributed by atoms with Crippen LogP contribution in [0.15, 0.2) is 29.2 Å². The molecule has 0 aliphatic carbocycles. The molecule has 1 aliphatic rings. The Morgan fingerprint density at radius 1 is 1.31 bits per heavy atom. The molecule has 1 amide bonds. The van der Waals surface area contributed by atoms with Gasteiger partial charge in [-0.3, -0.25) is 0 Å². The highest BCUT2D eigenvalue weighted by Crippen LogP contribution is 2.29. The van der Waals surface area contributed by atoms with Gasteiger partial charge in [0, 0.05) is 18.7 Å². The maximum atomic E-state index is 12.2. The molecule has 1 aromatic rings. The Bertz CT molecular complexity index is 749. The van der Waals surface area contributed by atoms with E-state index in [0.717, 1.165) is 6.26 Å². The van der Waals surface area contributed by atoms with Crippen molar-refractivity contribution in [3.05, 3.63) is 24.3 Å². The third kappa shape index (κ3) is 5.35. The van der Waals surface area contributed by atoms with Crippen molar-refractivity contribution in [1.82, 2.24) is 4.90 Å². The highest BCUT2D eigenvalue weighted by Gasteiger charge is 2.44. The summed E-state index contributed by atoms with van der Waals surface area (Å²) in [6.07, 6.45) is 0.682. The van der Waals surface area contributed by atoms with E-state index in [2.05, 4.69) is 0 Å². The molecule has 7 nitrogen and oxygen atoms in total. The monoisotopic (exact) mass is 385 g/mol. The lowest BCUT2D eigenvalue weighted by atomic mass is 9.94. The van der Waals surface area contributed by atoms with Gasteiger partial charge >= 0.3 is 6.09 Å². The smallest absolute Gasteiger partial charge is 0.410 e. The number of sulfone groups is 1. The van der Waals surface area contributed by atoms with Gasteiger partial charge in [0.25, 0.3) is 0 Å². The summed E-state index contributed by atoms with van der Waals surface area (Å²) in [4.78, 5) is 13.9. The highest BCUT2D eigenvalue weighted by molar-refractivity contribution is 7.90. The van der Waals surface area contributed by atoms with E-state index in [-0.39, 0.29) is 24.0 Å². The average Bonchev–Trinajstić information content (AvgIpc) is 2.78. The van der Waals surface area contributed by atoms with Crippen molar-refractivity contribution in [2.45, 2.75) is 43.8 Å². The fourth-order valence-corrected chi connectivity index (χ4v) is 3.35. The molecule has 0 radical (unpaired) electrons. The third-order valence-corrected chi connectivity index (χ3v) is 5.31. The van der Waals surface area contributed by atoms with E-state index in [4.69, 9.17) is 9.47 Å². The van der Waals surface area contributed by atoms with Gasteiger partial charge in [0.15, 0.2) is 9.84 Å². The van der Waals surface area contributed by atoms with Crippen LogP contribution in [0.3, 0.4) is 0 Å². The van der Waals surface area contributed by atoms with Crippen LogP contribution < -0.4 is 4.74 Å². The molecule has 8 heteroatoms. The number of ether oxygens (including phenoxy) is 2. The highest BCUT2D eigenvalue weighted by atomic mass is 32.2. The van der Waals surface area contributed by atoms with Crippen molar-refractivity contribution in [1.29, 1.82) is 0 Å². The SMILES string of the molecule is CC(C)(C)OC(=O)N1CC(COc2ccc(S(C)(=O)=O)cc2)C(C)(O)C1. The second-order valence-corrected chi connectivity index (χ2v) is 9.99. The molecule has 2 rings (SSSR count). The van der Waals surface area contributed by atoms with Crippen LogP contribution in [-0.2, 0) is 14.6 Å². The number of β-amino-alcohol motifs (C(OH)–C–C–N with tert-alkyl or cyclic N) is 1. The minimum absolute atomic E-state index is 0.170. The van der Waals surface area contributed by atoms with E-state index in [1.807, 2.05) is 0 Å². The number of likely N-dealkylation sites (tertiary alicyclic amines) is 1. The first kappa shape index (κ1) is 20.5. The van der Waals surface area contributed by atoms with Crippen molar-refractivity contribution in [2.75, 3.05) is 26.0 Å². The number of hydrogen-bond donors (Lipinski definition) is 1. The van der Waals surface area contributed by atoms with Gasteiger partial charge in [-0.15, -0.1) is 0 Å². The Kier molecular flexibility index (Phi) is 5.58. The molecule has 0 spiro atoms. The van der Waals surface area contributed by atoms with E-state index in [0.29, 0.717) is 12.3 Å². The quantitative estimate of drug-likeness (QED) is 0.853. The molecule has 1 saturated heterocycles. The van der Waals surface area contributed by atoms with E-state index in [9.17, 15) is 18.3 Å². The van der Waals surface area contributed by atoms with Gasteiger partial charge in [0.05, 0.1) is 23.6 Å². The van der Waals surface area contributed by atoms with E-state index >= 15 is 0 Å². The molecule has 26 heavy (non-hydrogen) atoms. The number of nitrogens with zero attached hydrogens (tertiary/aromatic N) is 1. The summed E-state index contributed by atoms with van der Waals surface area (Å²) in [5.74, 6) is 0.216. The molecule has 146 valence electrons. The lowest BCUT2D eigenvalue weighted by molar-refractivity contribution is 0.00623. The Morgan fingerprint density at radius 3 is 2.38 bits per heavy atom. The number of rotatable bonds is 4. The fraction of sp³-hybridized carbons (Fsp3) is 0.611. The van der Waals surface area contributed by atoms with E-state index < -0.39 is 27.1 Å². The molecule has 1 heterocycles. The molecule has 1 fully saturated rings. The zero-order valence-corrected chi connectivity index (χ0v) is 16.7. The number of carbonyl (C=O) groups excluding carboxylic acids is 1. The van der Waals surface area contributed by atoms with Crippen molar-refractivity contribution in [3.8, 4) is 5.75 Å². The lowest BCUT2D eigenvalue weighted by Crippen LogP contribution is -2.39. The van der Waals surface area contributed by atoms with Crippen LogP contribution in [0.2, 0.25) is 0 Å². The van der Waals surface area contributed by atoms with Crippen molar-refractivity contribution in [2.24, 2.45) is 5.92 Å². The molecule has 0 aromatic heterocycles. The number of benzene rings is 1. The molecular formula is C18H27NO6S. The predicted octanol–water partition coefficient (Wildman–Crippen LogP) is 2.09. The van der Waals surface area contributed by atoms with Gasteiger partial charge < -0.3 is 19.5 Å². The molecule has 2 unspecified atom stereocenters. The second kappa shape index (κ2) is 7.08. The Labute approximate surface area is 154 Å². The van der Waals surface area contributed by atoms with Crippen LogP contribution in [0.1, 0.15) is 27.7 Å². The minimum atomic E-state index is -3.25. The maximum Gasteiger partial charge on any atom is 0.410 e. The molecule has 1 N–H and O–H groups in total. The van der Waals surface area contributed by atoms with Gasteiger partial charge in [-0.2, -0.15) is 0 Å². The Balaban J connectivity index is 1.98. The summed E-state index contributed by atoms with van der Waals surface area (Å²) in [5, 5.41) is 10.6. The maximum absolute atomic E-state index is 12.2. The topological polar surface area (TPSA) is 93.1 Å². The number of amides is 1. The average molecular weight is 385 g/mol. The molecule has 1 aliphatic heterocycles. The van der Waals surface area contributed by atoms with Crippen molar-refractivity contribution >= 4 is 15.9 Å². The Hall–Kier alpha value is -1.80. The standard InChI is InChI=1S/C18H27NO6S/c1-17(2,3)25-16(20)19-10-13(18(4,21)12-19)11-24-14-6-8-15(9-7-14)26(5,22)23/h6-9,13,21H,10-12H2,1-5H3. The number of aliphatic hydroxyl groups is 1. The predicted molar refractivity (Wildman–Crippen MR) is 97.0 cm³/mol. The third-order valence-electron chi connectivity index (χ3n) is 4.19. The first-order chi connectivity index (χ1) is 11.8. The zero-order valence-electron chi connectivity index (χ0n) is 15.9. The summed E-state index contributed by atoms with van der Waals surface area (Å²) < 4.78 is 34.0. The van der Waals surface area contributed by atoms with Crippen LogP contribution >= 0.6 is 0 Å². The minimum Gasteiger partial charge on any atom is -0.493 e. The first-order valence-electron chi connectivity index (χ1n) is 8.41. The molecule has 2 atom stereocenters. The lowest BCUT2D eigenvalue weighted by Gasteiger charge is -2.25. The van der Waals surface area contributed by atoms with Crippen LogP contribution in [0.4, 0.5) is 4.79 Å². The summed E-state index contributed by atoms with van der Waals surface area (Å²) in [6, 6.07) is 6.10. The van der Waals surface area contributed by atoms with Crippen molar-refractivity contribution < 1.29 is 27.8 Å². The normalized spacial score (nSPS) is 23.8. The Morgan fingerprint density at radius 2 is 1.88 bits per heavy atom. The van der Waals surface area contributed by atoms with Crippen LogP contribution in [-0.4, -0.2) is 61.7 Å². The van der Waals surface area contributed by atoms with Crippen LogP contribution in [0.25, 0.3) is 0 Å². The van der Waals surface area contributed by atoms with Gasteiger partial charge in [0.2, 0.25) is 0 Å². The molecule has 1 aromatic carbocycles. The van der Waals surface area contributed by atoms with Crippen molar-refractivity contribution in [3.63, 3.8) is 0 Å². The molecule has 0 bridgehead atoms. The fourth-order valence-electron chi connectivity index (χ4n) is 2.72. The van der Waals surface area contributed by atoms with Gasteiger partial charge in [-0.25, -0.2) is 13.2 Å². The summed E-state index contributed by atoms with van der Waals surface area (Å²) in [6.45, 7) is 7.73. The molecular weight excluding hydrogens is 358 g/mol. The summed E-state index contributed by atoms with van der Waals surface area (Å²) >= 11 is 0. The number of carbonyl (C=O) groups is 1. The summed E-state index contributed by atoms with van der Waals surface area (Å²) in [7, 11) is -3.25. The zero-order chi connectivity index (χ0) is 19.8. The van der Waals surface area contributed by atoms with Gasteiger partial charge in [-0.1, -0.05) is 0 Å². The van der Waals surface area contributed by atoms with Gasteiger partial charge in [-0.05, 0) is 52.0 Å².